The summed E-state index contributed by atoms with van der Waals surface area (Å²) < 4.78 is 18.8. The molecule has 0 aliphatic carbocycles. The Balaban J connectivity index is 0.00000120. The maximum atomic E-state index is 13.4. The van der Waals surface area contributed by atoms with Crippen molar-refractivity contribution in [2.45, 2.75) is 19.3 Å². The number of nitrogens with one attached hydrogen (secondary N) is 1. The van der Waals surface area contributed by atoms with Crippen molar-refractivity contribution in [3.63, 3.8) is 0 Å². The van der Waals surface area contributed by atoms with E-state index in [4.69, 9.17) is 4.42 Å². The van der Waals surface area contributed by atoms with Gasteiger partial charge in [0.2, 0.25) is 0 Å². The SMILES string of the molecule is Cl.Fc1cccc2nc(CC[C@@H]3CCNC3)oc12. The second-order valence-corrected chi connectivity index (χ2v) is 4.59. The molecule has 1 atom stereocenters. The molecule has 2 aromatic rings. The first-order valence-electron chi connectivity index (χ1n) is 6.07. The molecule has 1 aromatic carbocycles. The molecule has 0 radical (unpaired) electrons. The molecule has 0 saturated carbocycles. The zero-order chi connectivity index (χ0) is 11.7. The summed E-state index contributed by atoms with van der Waals surface area (Å²) in [5, 5.41) is 3.33. The Morgan fingerprint density at radius 3 is 3.06 bits per heavy atom. The monoisotopic (exact) mass is 270 g/mol. The standard InChI is InChI=1S/C13H15FN2O.ClH/c14-10-2-1-3-11-13(10)17-12(16-11)5-4-9-6-7-15-8-9;/h1-3,9,15H,4-8H2;1H/t9-;/m1./s1. The second kappa shape index (κ2) is 5.67. The molecule has 5 heteroatoms. The van der Waals surface area contributed by atoms with Gasteiger partial charge in [0.15, 0.2) is 17.3 Å². The lowest BCUT2D eigenvalue weighted by atomic mass is 10.0. The molecular formula is C13H16ClFN2O. The summed E-state index contributed by atoms with van der Waals surface area (Å²) in [6, 6.07) is 4.84. The minimum Gasteiger partial charge on any atom is -0.438 e. The first kappa shape index (κ1) is 13.3. The second-order valence-electron chi connectivity index (χ2n) is 4.59. The van der Waals surface area contributed by atoms with Crippen LogP contribution in [-0.4, -0.2) is 18.1 Å². The average Bonchev–Trinajstić information content (AvgIpc) is 2.95. The molecule has 0 unspecified atom stereocenters. The first-order chi connectivity index (χ1) is 8.33. The lowest BCUT2D eigenvalue weighted by Gasteiger charge is -2.04. The van der Waals surface area contributed by atoms with Gasteiger partial charge in [0.1, 0.15) is 5.52 Å². The predicted octanol–water partition coefficient (Wildman–Crippen LogP) is 2.93. The van der Waals surface area contributed by atoms with Crippen LogP contribution in [0.4, 0.5) is 4.39 Å². The molecule has 98 valence electrons. The van der Waals surface area contributed by atoms with E-state index in [1.807, 2.05) is 0 Å². The summed E-state index contributed by atoms with van der Waals surface area (Å²) in [7, 11) is 0. The van der Waals surface area contributed by atoms with Crippen LogP contribution in [0.15, 0.2) is 22.6 Å². The Morgan fingerprint density at radius 1 is 1.44 bits per heavy atom. The third kappa shape index (κ3) is 2.65. The number of nitrogens with zero attached hydrogens (tertiary/aromatic N) is 1. The van der Waals surface area contributed by atoms with Gasteiger partial charge in [0.05, 0.1) is 0 Å². The number of para-hydroxylation sites is 1. The average molecular weight is 271 g/mol. The zero-order valence-electron chi connectivity index (χ0n) is 9.99. The van der Waals surface area contributed by atoms with Crippen molar-refractivity contribution in [1.82, 2.24) is 10.3 Å². The van der Waals surface area contributed by atoms with Crippen LogP contribution in [0.5, 0.6) is 0 Å². The van der Waals surface area contributed by atoms with Crippen LogP contribution in [0.25, 0.3) is 11.1 Å². The molecule has 0 spiro atoms. The Labute approximate surface area is 111 Å². The molecule has 3 nitrogen and oxygen atoms in total. The van der Waals surface area contributed by atoms with Crippen LogP contribution < -0.4 is 5.32 Å². The van der Waals surface area contributed by atoms with Crippen LogP contribution in [0.3, 0.4) is 0 Å². The highest BCUT2D eigenvalue weighted by atomic mass is 35.5. The van der Waals surface area contributed by atoms with Crippen molar-refractivity contribution < 1.29 is 8.81 Å². The predicted molar refractivity (Wildman–Crippen MR) is 70.5 cm³/mol. The Kier molecular flexibility index (Phi) is 4.19. The molecule has 1 N–H and O–H groups in total. The maximum Gasteiger partial charge on any atom is 0.195 e. The third-order valence-electron chi connectivity index (χ3n) is 3.34. The van der Waals surface area contributed by atoms with E-state index in [1.54, 1.807) is 12.1 Å². The number of fused-ring (bicyclic) bond motifs is 1. The quantitative estimate of drug-likeness (QED) is 0.932. The molecular weight excluding hydrogens is 255 g/mol. The van der Waals surface area contributed by atoms with Crippen molar-refractivity contribution >= 4 is 23.5 Å². The highest BCUT2D eigenvalue weighted by molar-refractivity contribution is 5.85. The van der Waals surface area contributed by atoms with Gasteiger partial charge in [0.25, 0.3) is 0 Å². The summed E-state index contributed by atoms with van der Waals surface area (Å²) in [5.41, 5.74) is 0.900. The van der Waals surface area contributed by atoms with Gasteiger partial charge >= 0.3 is 0 Å². The number of rotatable bonds is 3. The molecule has 18 heavy (non-hydrogen) atoms. The maximum absolute atomic E-state index is 13.4. The van der Waals surface area contributed by atoms with Gasteiger partial charge in [0, 0.05) is 6.42 Å². The molecule has 2 heterocycles. The summed E-state index contributed by atoms with van der Waals surface area (Å²) >= 11 is 0. The van der Waals surface area contributed by atoms with Crippen molar-refractivity contribution in [3.05, 3.63) is 29.9 Å². The van der Waals surface area contributed by atoms with E-state index in [9.17, 15) is 4.39 Å². The van der Waals surface area contributed by atoms with E-state index in [0.717, 1.165) is 25.9 Å². The Bertz CT molecular complexity index is 523. The van der Waals surface area contributed by atoms with Crippen molar-refractivity contribution in [3.8, 4) is 0 Å². The van der Waals surface area contributed by atoms with Gasteiger partial charge in [-0.3, -0.25) is 0 Å². The number of halogens is 2. The molecule has 1 fully saturated rings. The van der Waals surface area contributed by atoms with E-state index >= 15 is 0 Å². The van der Waals surface area contributed by atoms with Crippen molar-refractivity contribution in [2.75, 3.05) is 13.1 Å². The number of benzene rings is 1. The number of hydrogen-bond acceptors (Lipinski definition) is 3. The topological polar surface area (TPSA) is 38.1 Å². The van der Waals surface area contributed by atoms with Crippen LogP contribution >= 0.6 is 12.4 Å². The highest BCUT2D eigenvalue weighted by Gasteiger charge is 2.16. The van der Waals surface area contributed by atoms with Gasteiger partial charge in [-0.15, -0.1) is 12.4 Å². The molecule has 0 bridgehead atoms. The van der Waals surface area contributed by atoms with Crippen molar-refractivity contribution in [1.29, 1.82) is 0 Å². The smallest absolute Gasteiger partial charge is 0.195 e. The van der Waals surface area contributed by atoms with Crippen LogP contribution in [0, 0.1) is 11.7 Å². The molecule has 1 aliphatic rings. The number of hydrogen-bond donors (Lipinski definition) is 1. The fraction of sp³-hybridized carbons (Fsp3) is 0.462. The Hall–Kier alpha value is -1.13. The number of oxazole rings is 1. The van der Waals surface area contributed by atoms with E-state index in [-0.39, 0.29) is 23.8 Å². The zero-order valence-corrected chi connectivity index (χ0v) is 10.8. The van der Waals surface area contributed by atoms with E-state index in [0.29, 0.717) is 17.3 Å². The Morgan fingerprint density at radius 2 is 2.33 bits per heavy atom. The lowest BCUT2D eigenvalue weighted by Crippen LogP contribution is -2.09. The lowest BCUT2D eigenvalue weighted by molar-refractivity contribution is 0.458. The highest BCUT2D eigenvalue weighted by Crippen LogP contribution is 2.21. The minimum atomic E-state index is -0.330. The fourth-order valence-corrected chi connectivity index (χ4v) is 2.36. The summed E-state index contributed by atoms with van der Waals surface area (Å²) in [6.45, 7) is 2.18. The summed E-state index contributed by atoms with van der Waals surface area (Å²) in [4.78, 5) is 4.31. The first-order valence-corrected chi connectivity index (χ1v) is 6.07. The molecule has 0 amide bonds. The van der Waals surface area contributed by atoms with Gasteiger partial charge in [-0.25, -0.2) is 9.37 Å². The molecule has 1 saturated heterocycles. The van der Waals surface area contributed by atoms with Gasteiger partial charge in [-0.1, -0.05) is 6.07 Å². The van der Waals surface area contributed by atoms with E-state index in [1.165, 1.54) is 12.5 Å². The molecule has 1 aromatic heterocycles. The molecule has 3 rings (SSSR count). The van der Waals surface area contributed by atoms with Gasteiger partial charge in [-0.2, -0.15) is 0 Å². The largest absolute Gasteiger partial charge is 0.438 e. The minimum absolute atomic E-state index is 0. The normalized spacial score (nSPS) is 19.1. The van der Waals surface area contributed by atoms with E-state index < -0.39 is 0 Å². The van der Waals surface area contributed by atoms with Gasteiger partial charge < -0.3 is 9.73 Å². The van der Waals surface area contributed by atoms with Crippen molar-refractivity contribution in [2.24, 2.45) is 5.92 Å². The number of aryl methyl sites for hydroxylation is 1. The summed E-state index contributed by atoms with van der Waals surface area (Å²) in [5.74, 6) is 1.02. The third-order valence-corrected chi connectivity index (χ3v) is 3.34. The number of aromatic nitrogens is 1. The summed E-state index contributed by atoms with van der Waals surface area (Å²) in [6.07, 6.45) is 3.07. The van der Waals surface area contributed by atoms with Crippen LogP contribution in [0.1, 0.15) is 18.7 Å². The molecule has 1 aliphatic heterocycles. The van der Waals surface area contributed by atoms with Crippen LogP contribution in [-0.2, 0) is 6.42 Å². The fourth-order valence-electron chi connectivity index (χ4n) is 2.36. The van der Waals surface area contributed by atoms with Gasteiger partial charge in [-0.05, 0) is 44.0 Å². The van der Waals surface area contributed by atoms with E-state index in [2.05, 4.69) is 10.3 Å². The van der Waals surface area contributed by atoms with Crippen LogP contribution in [0.2, 0.25) is 0 Å².